The van der Waals surface area contributed by atoms with Gasteiger partial charge in [-0.3, -0.25) is 9.59 Å². The average molecular weight is 288 g/mol. The molecule has 2 amide bonds. The zero-order valence-corrected chi connectivity index (χ0v) is 11.6. The number of nitrogens with zero attached hydrogens (tertiary/aromatic N) is 1. The van der Waals surface area contributed by atoms with E-state index < -0.39 is 17.9 Å². The molecule has 0 spiro atoms. The fraction of sp³-hybridized carbons (Fsp3) is 0.267. The minimum Gasteiger partial charge on any atom is -0.480 e. The van der Waals surface area contributed by atoms with Crippen LogP contribution >= 0.6 is 0 Å². The molecule has 1 aromatic rings. The van der Waals surface area contributed by atoms with E-state index in [0.717, 1.165) is 16.0 Å². The zero-order valence-electron chi connectivity index (χ0n) is 11.6. The molecule has 0 bridgehead atoms. The zero-order chi connectivity index (χ0) is 15.4. The number of benzene rings is 1. The molecule has 1 atom stereocenters. The lowest BCUT2D eigenvalue weighted by Gasteiger charge is -2.31. The number of piperazine rings is 1. The van der Waals surface area contributed by atoms with Gasteiger partial charge in [-0.1, -0.05) is 24.3 Å². The maximum absolute atomic E-state index is 12.1. The van der Waals surface area contributed by atoms with Crippen LogP contribution in [0.15, 0.2) is 30.3 Å². The molecular formula is C15H16N2O4. The molecule has 2 rings (SSSR count). The van der Waals surface area contributed by atoms with E-state index in [2.05, 4.69) is 5.32 Å². The first-order valence-corrected chi connectivity index (χ1v) is 6.53. The van der Waals surface area contributed by atoms with Crippen LogP contribution in [0.2, 0.25) is 0 Å². The molecule has 110 valence electrons. The smallest absolute Gasteiger partial charge is 0.328 e. The van der Waals surface area contributed by atoms with E-state index in [9.17, 15) is 14.4 Å². The first kappa shape index (κ1) is 14.8. The summed E-state index contributed by atoms with van der Waals surface area (Å²) in [7, 11) is 0. The number of hydrogen-bond donors (Lipinski definition) is 2. The van der Waals surface area contributed by atoms with Gasteiger partial charge in [-0.15, -0.1) is 0 Å². The van der Waals surface area contributed by atoms with Crippen molar-refractivity contribution in [1.29, 1.82) is 0 Å². The summed E-state index contributed by atoms with van der Waals surface area (Å²) in [6, 6.07) is 6.49. The van der Waals surface area contributed by atoms with Crippen LogP contribution in [-0.4, -0.2) is 46.9 Å². The third-order valence-corrected chi connectivity index (χ3v) is 3.34. The maximum Gasteiger partial charge on any atom is 0.328 e. The Hall–Kier alpha value is -2.63. The average Bonchev–Trinajstić information content (AvgIpc) is 2.45. The van der Waals surface area contributed by atoms with E-state index in [1.807, 2.05) is 31.2 Å². The highest BCUT2D eigenvalue weighted by molar-refractivity contribution is 5.98. The van der Waals surface area contributed by atoms with E-state index in [4.69, 9.17) is 5.11 Å². The minimum absolute atomic E-state index is 0.0713. The number of hydrogen-bond acceptors (Lipinski definition) is 3. The summed E-state index contributed by atoms with van der Waals surface area (Å²) in [5.41, 5.74) is 1.88. The van der Waals surface area contributed by atoms with Crippen molar-refractivity contribution < 1.29 is 19.5 Å². The van der Waals surface area contributed by atoms with E-state index >= 15 is 0 Å². The highest BCUT2D eigenvalue weighted by Gasteiger charge is 2.34. The summed E-state index contributed by atoms with van der Waals surface area (Å²) in [4.78, 5) is 35.7. The number of carbonyl (C=O) groups is 3. The Bertz CT molecular complexity index is 609. The van der Waals surface area contributed by atoms with E-state index in [-0.39, 0.29) is 19.0 Å². The van der Waals surface area contributed by atoms with Gasteiger partial charge in [0.15, 0.2) is 0 Å². The molecule has 0 radical (unpaired) electrons. The predicted octanol–water partition coefficient (Wildman–Crippen LogP) is 0.420. The Morgan fingerprint density at radius 3 is 2.76 bits per heavy atom. The molecule has 21 heavy (non-hydrogen) atoms. The first-order chi connectivity index (χ1) is 9.99. The number of rotatable bonds is 3. The SMILES string of the molecule is Cc1ccccc1/C=C/C(=O)N1CC(=O)NCC1C(=O)O. The van der Waals surface area contributed by atoms with Crippen molar-refractivity contribution in [3.63, 3.8) is 0 Å². The lowest BCUT2D eigenvalue weighted by atomic mass is 10.1. The standard InChI is InChI=1S/C15H16N2O4/c1-10-4-2-3-5-11(10)6-7-14(19)17-9-13(18)16-8-12(17)15(20)21/h2-7,12H,8-9H2,1H3,(H,16,18)(H,20,21)/b7-6+. The molecule has 1 heterocycles. The first-order valence-electron chi connectivity index (χ1n) is 6.53. The summed E-state index contributed by atoms with van der Waals surface area (Å²) >= 11 is 0. The number of aliphatic carboxylic acids is 1. The number of carboxylic acid groups (broad SMARTS) is 1. The van der Waals surface area contributed by atoms with Crippen molar-refractivity contribution in [2.24, 2.45) is 0 Å². The van der Waals surface area contributed by atoms with Crippen molar-refractivity contribution in [2.75, 3.05) is 13.1 Å². The summed E-state index contributed by atoms with van der Waals surface area (Å²) in [5.74, 6) is -1.97. The third kappa shape index (κ3) is 3.47. The molecule has 1 unspecified atom stereocenters. The Morgan fingerprint density at radius 2 is 2.10 bits per heavy atom. The van der Waals surface area contributed by atoms with Crippen molar-refractivity contribution in [1.82, 2.24) is 10.2 Å². The predicted molar refractivity (Wildman–Crippen MR) is 76.4 cm³/mol. The molecule has 0 saturated carbocycles. The van der Waals surface area contributed by atoms with Crippen LogP contribution in [0.3, 0.4) is 0 Å². The lowest BCUT2D eigenvalue weighted by Crippen LogP contribution is -2.59. The van der Waals surface area contributed by atoms with E-state index in [1.54, 1.807) is 6.08 Å². The molecule has 2 N–H and O–H groups in total. The largest absolute Gasteiger partial charge is 0.480 e. The van der Waals surface area contributed by atoms with Gasteiger partial charge in [0.2, 0.25) is 11.8 Å². The molecule has 6 nitrogen and oxygen atoms in total. The Morgan fingerprint density at radius 1 is 1.38 bits per heavy atom. The number of carbonyl (C=O) groups excluding carboxylic acids is 2. The molecule has 1 aliphatic rings. The quantitative estimate of drug-likeness (QED) is 0.789. The molecule has 6 heteroatoms. The highest BCUT2D eigenvalue weighted by atomic mass is 16.4. The molecule has 1 aliphatic heterocycles. The van der Waals surface area contributed by atoms with E-state index in [0.29, 0.717) is 0 Å². The van der Waals surface area contributed by atoms with Crippen LogP contribution in [0.4, 0.5) is 0 Å². The lowest BCUT2D eigenvalue weighted by molar-refractivity contribution is -0.152. The minimum atomic E-state index is -1.13. The number of nitrogens with one attached hydrogen (secondary N) is 1. The fourth-order valence-electron chi connectivity index (χ4n) is 2.12. The van der Waals surface area contributed by atoms with Gasteiger partial charge in [0.25, 0.3) is 0 Å². The van der Waals surface area contributed by atoms with Crippen LogP contribution in [0.5, 0.6) is 0 Å². The summed E-state index contributed by atoms with van der Waals surface area (Å²) in [6.07, 6.45) is 2.93. The second kappa shape index (κ2) is 6.21. The molecular weight excluding hydrogens is 272 g/mol. The van der Waals surface area contributed by atoms with E-state index in [1.165, 1.54) is 6.08 Å². The Kier molecular flexibility index (Phi) is 4.37. The van der Waals surface area contributed by atoms with Crippen molar-refractivity contribution in [3.8, 4) is 0 Å². The second-order valence-electron chi connectivity index (χ2n) is 4.81. The summed E-state index contributed by atoms with van der Waals surface area (Å²) < 4.78 is 0. The third-order valence-electron chi connectivity index (χ3n) is 3.34. The normalized spacial score (nSPS) is 18.6. The topological polar surface area (TPSA) is 86.7 Å². The van der Waals surface area contributed by atoms with Crippen molar-refractivity contribution in [2.45, 2.75) is 13.0 Å². The molecule has 1 aromatic carbocycles. The second-order valence-corrected chi connectivity index (χ2v) is 4.81. The molecule has 0 aromatic heterocycles. The highest BCUT2D eigenvalue weighted by Crippen LogP contribution is 2.11. The van der Waals surface area contributed by atoms with Crippen LogP contribution < -0.4 is 5.32 Å². The van der Waals surface area contributed by atoms with Gasteiger partial charge in [0, 0.05) is 12.6 Å². The number of aryl methyl sites for hydroxylation is 1. The van der Waals surface area contributed by atoms with Gasteiger partial charge in [-0.25, -0.2) is 4.79 Å². The fourth-order valence-corrected chi connectivity index (χ4v) is 2.12. The molecule has 1 fully saturated rings. The van der Waals surface area contributed by atoms with Crippen molar-refractivity contribution >= 4 is 23.9 Å². The van der Waals surface area contributed by atoms with Crippen LogP contribution in [0.1, 0.15) is 11.1 Å². The summed E-state index contributed by atoms with van der Waals surface area (Å²) in [6.45, 7) is 1.60. The number of amides is 2. The maximum atomic E-state index is 12.1. The summed E-state index contributed by atoms with van der Waals surface area (Å²) in [5, 5.41) is 11.5. The van der Waals surface area contributed by atoms with Crippen LogP contribution in [0, 0.1) is 6.92 Å². The Balaban J connectivity index is 2.15. The Labute approximate surface area is 122 Å². The molecule has 1 saturated heterocycles. The van der Waals surface area contributed by atoms with Crippen LogP contribution in [0.25, 0.3) is 6.08 Å². The van der Waals surface area contributed by atoms with Crippen molar-refractivity contribution in [3.05, 3.63) is 41.5 Å². The van der Waals surface area contributed by atoms with Gasteiger partial charge in [0.05, 0.1) is 0 Å². The number of carboxylic acids is 1. The van der Waals surface area contributed by atoms with Gasteiger partial charge in [0.1, 0.15) is 12.6 Å². The van der Waals surface area contributed by atoms with Gasteiger partial charge in [-0.2, -0.15) is 0 Å². The molecule has 0 aliphatic carbocycles. The van der Waals surface area contributed by atoms with Gasteiger partial charge >= 0.3 is 5.97 Å². The van der Waals surface area contributed by atoms with Crippen LogP contribution in [-0.2, 0) is 14.4 Å². The van der Waals surface area contributed by atoms with Gasteiger partial charge < -0.3 is 15.3 Å². The van der Waals surface area contributed by atoms with Gasteiger partial charge in [-0.05, 0) is 24.1 Å². The monoisotopic (exact) mass is 288 g/mol.